The molecule has 0 N–H and O–H groups in total. The Bertz CT molecular complexity index is 803. The van der Waals surface area contributed by atoms with Crippen molar-refractivity contribution in [2.45, 2.75) is 23.7 Å². The van der Waals surface area contributed by atoms with Gasteiger partial charge < -0.3 is 10.2 Å². The quantitative estimate of drug-likeness (QED) is 0.728. The van der Waals surface area contributed by atoms with Gasteiger partial charge in [-0.1, -0.05) is 0 Å². The third-order valence-corrected chi connectivity index (χ3v) is 16.9. The van der Waals surface area contributed by atoms with Gasteiger partial charge in [-0.15, -0.1) is 0 Å². The topological polar surface area (TPSA) is 46.1 Å². The standard InChI is InChI=1S/C13H9.C5H5.C2H6Si.2CH3O.Ti/c1-3-7-12-10(5-1)9-11-6-2-4-8-13(11)12;1-2-4-5-3-1;1-3-2;2*1-2;/h1-9H;1-3H,4H2;1-2H3;2*1H3;/q;;;2*-1;+2. The molecule has 0 aromatic heterocycles. The molecule has 0 aliphatic heterocycles. The van der Waals surface area contributed by atoms with Crippen LogP contribution in [0.2, 0.25) is 13.1 Å². The van der Waals surface area contributed by atoms with E-state index in [9.17, 15) is 0 Å². The van der Waals surface area contributed by atoms with Crippen molar-refractivity contribution in [3.8, 4) is 11.1 Å². The van der Waals surface area contributed by atoms with Crippen LogP contribution < -0.4 is 10.2 Å². The molecule has 0 amide bonds. The van der Waals surface area contributed by atoms with Crippen LogP contribution in [0.15, 0.2) is 70.6 Å². The van der Waals surface area contributed by atoms with Crippen molar-refractivity contribution in [3.05, 3.63) is 81.8 Å². The molecule has 0 saturated heterocycles. The van der Waals surface area contributed by atoms with Gasteiger partial charge in [0, 0.05) is 0 Å². The van der Waals surface area contributed by atoms with Gasteiger partial charge in [0.05, 0.1) is 0 Å². The Morgan fingerprint density at radius 1 is 0.846 bits per heavy atom. The molecule has 0 unspecified atom stereocenters. The van der Waals surface area contributed by atoms with Crippen molar-refractivity contribution in [2.24, 2.45) is 0 Å². The van der Waals surface area contributed by atoms with Gasteiger partial charge >= 0.3 is 139 Å². The molecule has 2 aromatic rings. The summed E-state index contributed by atoms with van der Waals surface area (Å²) in [6.07, 6.45) is 8.02. The zero-order valence-corrected chi connectivity index (χ0v) is 18.5. The van der Waals surface area contributed by atoms with Gasteiger partial charge in [-0.05, 0) is 0 Å². The van der Waals surface area contributed by atoms with E-state index in [2.05, 4.69) is 79.9 Å². The van der Waals surface area contributed by atoms with E-state index in [0.29, 0.717) is 4.22 Å². The van der Waals surface area contributed by atoms with E-state index in [0.717, 1.165) is 14.2 Å². The van der Waals surface area contributed by atoms with E-state index in [4.69, 9.17) is 10.2 Å². The molecule has 0 bridgehead atoms. The summed E-state index contributed by atoms with van der Waals surface area (Å²) in [5, 5.41) is 16.5. The van der Waals surface area contributed by atoms with Crippen molar-refractivity contribution in [1.82, 2.24) is 0 Å². The third-order valence-electron chi connectivity index (χ3n) is 4.78. The number of allylic oxidation sites excluding steroid dienone is 4. The van der Waals surface area contributed by atoms with Crippen molar-refractivity contribution in [1.29, 1.82) is 0 Å². The first-order valence-electron chi connectivity index (χ1n) is 8.80. The Kier molecular flexibility index (Phi) is 8.26. The van der Waals surface area contributed by atoms with Crippen LogP contribution in [0.4, 0.5) is 0 Å². The van der Waals surface area contributed by atoms with Gasteiger partial charge in [0.1, 0.15) is 0 Å². The molecule has 0 fully saturated rings. The molecule has 4 heteroatoms. The molecule has 0 radical (unpaired) electrons. The zero-order chi connectivity index (χ0) is 19.1. The molecule has 26 heavy (non-hydrogen) atoms. The second-order valence-electron chi connectivity index (χ2n) is 6.35. The predicted molar refractivity (Wildman–Crippen MR) is 105 cm³/mol. The number of hydrogen-bond acceptors (Lipinski definition) is 2. The third kappa shape index (κ3) is 4.03. The summed E-state index contributed by atoms with van der Waals surface area (Å²) in [6.45, 7) is 5.09. The predicted octanol–water partition coefficient (Wildman–Crippen LogP) is 3.42. The summed E-state index contributed by atoms with van der Waals surface area (Å²) < 4.78 is 2.51. The van der Waals surface area contributed by atoms with Crippen LogP contribution in [0.5, 0.6) is 0 Å². The fourth-order valence-electron chi connectivity index (χ4n) is 3.91. The Balaban J connectivity index is 0.000000570. The molecule has 2 aromatic carbocycles. The molecule has 0 spiro atoms. The maximum absolute atomic E-state index is 8.25. The zero-order valence-electron chi connectivity index (χ0n) is 16.0. The van der Waals surface area contributed by atoms with E-state index in [-0.39, 0.29) is 6.19 Å². The average molecular weight is 398 g/mol. The number of fused-ring (bicyclic) bond motifs is 3. The number of benzene rings is 2. The van der Waals surface area contributed by atoms with E-state index in [1.54, 1.807) is 15.0 Å². The van der Waals surface area contributed by atoms with Crippen LogP contribution >= 0.6 is 0 Å². The van der Waals surface area contributed by atoms with Gasteiger partial charge in [0.2, 0.25) is 0 Å². The Morgan fingerprint density at radius 3 is 1.77 bits per heavy atom. The summed E-state index contributed by atoms with van der Waals surface area (Å²) in [7, 11) is 1.50. The monoisotopic (exact) mass is 398 g/mol. The van der Waals surface area contributed by atoms with Gasteiger partial charge in [-0.3, -0.25) is 0 Å². The Morgan fingerprint density at radius 2 is 1.35 bits per heavy atom. The summed E-state index contributed by atoms with van der Waals surface area (Å²) in [6, 6.07) is 18.3. The van der Waals surface area contributed by atoms with Crippen molar-refractivity contribution < 1.29 is 26.8 Å². The average Bonchev–Trinajstić information content (AvgIpc) is 3.33. The molecular formula is C22H26O2SiTi. The molecule has 2 nitrogen and oxygen atoms in total. The fraction of sp³-hybridized carbons (Fsp3) is 0.273. The fourth-order valence-corrected chi connectivity index (χ4v) is 16.2. The first-order valence-corrected chi connectivity index (χ1v) is 15.3. The molecule has 0 saturated carbocycles. The van der Waals surface area contributed by atoms with Gasteiger partial charge in [-0.2, -0.15) is 14.2 Å². The summed E-state index contributed by atoms with van der Waals surface area (Å²) in [5.74, 6) is 0. The van der Waals surface area contributed by atoms with Gasteiger partial charge in [-0.25, -0.2) is 0 Å². The molecule has 0 heterocycles. The summed E-state index contributed by atoms with van der Waals surface area (Å²) in [5.41, 5.74) is 6.20. The molecule has 134 valence electrons. The van der Waals surface area contributed by atoms with Crippen molar-refractivity contribution in [2.75, 3.05) is 14.2 Å². The molecule has 2 aliphatic rings. The summed E-state index contributed by atoms with van der Waals surface area (Å²) >= 11 is -1.32. The van der Waals surface area contributed by atoms with E-state index in [1.165, 1.54) is 17.5 Å². The van der Waals surface area contributed by atoms with Crippen LogP contribution in [-0.2, 0) is 16.6 Å². The molecule has 2 aliphatic carbocycles. The van der Waals surface area contributed by atoms with Gasteiger partial charge in [0.25, 0.3) is 0 Å². The van der Waals surface area contributed by atoms with E-state index in [1.807, 2.05) is 0 Å². The number of hydrogen-bond donors (Lipinski definition) is 0. The first-order chi connectivity index (χ1) is 12.8. The van der Waals surface area contributed by atoms with Crippen LogP contribution in [0.1, 0.15) is 21.8 Å². The first kappa shape index (κ1) is 21.1. The summed E-state index contributed by atoms with van der Waals surface area (Å²) in [4.78, 5) is 0. The minimum atomic E-state index is -1.32. The van der Waals surface area contributed by atoms with Crippen LogP contribution in [0, 0.1) is 0 Å². The minimum absolute atomic E-state index is 0.264. The molecular weight excluding hydrogens is 372 g/mol. The molecule has 4 rings (SSSR count). The Labute approximate surface area is 163 Å². The normalized spacial score (nSPS) is 13.2. The molecule has 0 atom stereocenters. The van der Waals surface area contributed by atoms with Gasteiger partial charge in [0.15, 0.2) is 0 Å². The van der Waals surface area contributed by atoms with Crippen LogP contribution in [0.3, 0.4) is 0 Å². The SMILES string of the molecule is C[O-].C[O-].C[Si](C)=[Ti+2]([C]1=CC=CC1)[CH]1c2ccccc2-c2ccccc21. The number of rotatable bonds is 2. The second-order valence-corrected chi connectivity index (χ2v) is 18.4. The second kappa shape index (κ2) is 10.2. The van der Waals surface area contributed by atoms with Crippen molar-refractivity contribution >= 4 is 6.19 Å². The van der Waals surface area contributed by atoms with Crippen LogP contribution in [-0.4, -0.2) is 20.4 Å². The van der Waals surface area contributed by atoms with E-state index >= 15 is 0 Å². The van der Waals surface area contributed by atoms with Crippen molar-refractivity contribution in [3.63, 3.8) is 0 Å². The van der Waals surface area contributed by atoms with E-state index < -0.39 is 16.6 Å². The maximum atomic E-state index is 8.25. The van der Waals surface area contributed by atoms with Crippen LogP contribution in [0.25, 0.3) is 11.1 Å². The Hall–Kier alpha value is -1.23.